The Hall–Kier alpha value is -2.94. The number of ether oxygens (including phenoxy) is 1. The van der Waals surface area contributed by atoms with E-state index >= 15 is 0 Å². The number of nitrogens with one attached hydrogen (secondary N) is 1. The van der Waals surface area contributed by atoms with Crippen molar-refractivity contribution in [1.82, 2.24) is 9.29 Å². The van der Waals surface area contributed by atoms with Gasteiger partial charge in [-0.05, 0) is 49.2 Å². The monoisotopic (exact) mass is 468 g/mol. The lowest BCUT2D eigenvalue weighted by molar-refractivity contribution is 0.286. The van der Waals surface area contributed by atoms with E-state index in [0.717, 1.165) is 33.7 Å². The molecule has 0 unspecified atom stereocenters. The Kier molecular flexibility index (Phi) is 6.45. The SMILES string of the molecule is Cc1ccccc1OC[C@H](C)NS(=O)(=O)c1ccc2c(c1)sc(=O)n2Cc1ccccc1. The van der Waals surface area contributed by atoms with Gasteiger partial charge in [-0.15, -0.1) is 0 Å². The van der Waals surface area contributed by atoms with E-state index in [0.29, 0.717) is 11.2 Å². The van der Waals surface area contributed by atoms with Crippen molar-refractivity contribution in [3.05, 3.63) is 93.6 Å². The molecule has 0 radical (unpaired) electrons. The molecule has 0 aliphatic carbocycles. The molecular weight excluding hydrogens is 444 g/mol. The van der Waals surface area contributed by atoms with Crippen molar-refractivity contribution >= 4 is 31.6 Å². The van der Waals surface area contributed by atoms with E-state index in [1.165, 1.54) is 6.07 Å². The summed E-state index contributed by atoms with van der Waals surface area (Å²) < 4.78 is 36.5. The molecule has 4 aromatic rings. The lowest BCUT2D eigenvalue weighted by atomic mass is 10.2. The molecule has 0 saturated heterocycles. The minimum atomic E-state index is -3.76. The zero-order valence-corrected chi connectivity index (χ0v) is 19.4. The van der Waals surface area contributed by atoms with E-state index in [1.807, 2.05) is 61.5 Å². The summed E-state index contributed by atoms with van der Waals surface area (Å²) in [6.07, 6.45) is 0. The second kappa shape index (κ2) is 9.28. The van der Waals surface area contributed by atoms with Crippen LogP contribution < -0.4 is 14.3 Å². The first-order valence-electron chi connectivity index (χ1n) is 10.2. The van der Waals surface area contributed by atoms with Gasteiger partial charge in [0.15, 0.2) is 0 Å². The summed E-state index contributed by atoms with van der Waals surface area (Å²) in [6.45, 7) is 4.34. The van der Waals surface area contributed by atoms with Gasteiger partial charge in [-0.2, -0.15) is 0 Å². The predicted molar refractivity (Wildman–Crippen MR) is 128 cm³/mol. The fourth-order valence-corrected chi connectivity index (χ4v) is 5.69. The Morgan fingerprint density at radius 1 is 1.03 bits per heavy atom. The Balaban J connectivity index is 1.51. The van der Waals surface area contributed by atoms with Gasteiger partial charge in [0.05, 0.1) is 27.7 Å². The van der Waals surface area contributed by atoms with Crippen LogP contribution in [0.5, 0.6) is 5.75 Å². The van der Waals surface area contributed by atoms with Crippen LogP contribution in [0.15, 0.2) is 82.5 Å². The Morgan fingerprint density at radius 3 is 2.50 bits per heavy atom. The van der Waals surface area contributed by atoms with Crippen molar-refractivity contribution < 1.29 is 13.2 Å². The first-order chi connectivity index (χ1) is 15.3. The summed E-state index contributed by atoms with van der Waals surface area (Å²) in [7, 11) is -3.76. The number of thiazole rings is 1. The highest BCUT2D eigenvalue weighted by molar-refractivity contribution is 7.89. The highest BCUT2D eigenvalue weighted by atomic mass is 32.2. The number of aromatic nitrogens is 1. The van der Waals surface area contributed by atoms with E-state index in [9.17, 15) is 13.2 Å². The van der Waals surface area contributed by atoms with Crippen LogP contribution in [0.2, 0.25) is 0 Å². The lowest BCUT2D eigenvalue weighted by Gasteiger charge is -2.16. The molecule has 0 aliphatic rings. The van der Waals surface area contributed by atoms with Crippen molar-refractivity contribution in [2.24, 2.45) is 0 Å². The van der Waals surface area contributed by atoms with Crippen molar-refractivity contribution in [2.45, 2.75) is 31.3 Å². The highest BCUT2D eigenvalue weighted by Crippen LogP contribution is 2.23. The van der Waals surface area contributed by atoms with Crippen molar-refractivity contribution in [2.75, 3.05) is 6.61 Å². The fourth-order valence-electron chi connectivity index (χ4n) is 3.43. The summed E-state index contributed by atoms with van der Waals surface area (Å²) in [4.78, 5) is 12.5. The predicted octanol–water partition coefficient (Wildman–Crippen LogP) is 4.17. The maximum Gasteiger partial charge on any atom is 0.308 e. The summed E-state index contributed by atoms with van der Waals surface area (Å²) in [6, 6.07) is 21.6. The van der Waals surface area contributed by atoms with Gasteiger partial charge in [0.25, 0.3) is 0 Å². The molecule has 1 N–H and O–H groups in total. The van der Waals surface area contributed by atoms with Gasteiger partial charge in [-0.1, -0.05) is 59.9 Å². The number of aryl methyl sites for hydroxylation is 1. The van der Waals surface area contributed by atoms with Crippen LogP contribution in [0.1, 0.15) is 18.1 Å². The molecule has 1 aromatic heterocycles. The Morgan fingerprint density at radius 2 is 1.75 bits per heavy atom. The van der Waals surface area contributed by atoms with Gasteiger partial charge < -0.3 is 4.74 Å². The quantitative estimate of drug-likeness (QED) is 0.421. The van der Waals surface area contributed by atoms with E-state index in [-0.39, 0.29) is 16.4 Å². The fraction of sp³-hybridized carbons (Fsp3) is 0.208. The number of benzene rings is 3. The van der Waals surface area contributed by atoms with Crippen molar-refractivity contribution in [3.63, 3.8) is 0 Å². The molecule has 0 bridgehead atoms. The molecule has 6 nitrogen and oxygen atoms in total. The van der Waals surface area contributed by atoms with Crippen molar-refractivity contribution in [3.8, 4) is 5.75 Å². The topological polar surface area (TPSA) is 77.4 Å². The molecule has 4 rings (SSSR count). The number of rotatable bonds is 8. The van der Waals surface area contributed by atoms with Gasteiger partial charge in [-0.25, -0.2) is 13.1 Å². The van der Waals surface area contributed by atoms with E-state index < -0.39 is 16.1 Å². The van der Waals surface area contributed by atoms with E-state index in [4.69, 9.17) is 4.74 Å². The van der Waals surface area contributed by atoms with Gasteiger partial charge in [0.1, 0.15) is 12.4 Å². The van der Waals surface area contributed by atoms with Crippen LogP contribution in [-0.4, -0.2) is 25.6 Å². The third kappa shape index (κ3) is 4.93. The number of nitrogens with zero attached hydrogens (tertiary/aromatic N) is 1. The van der Waals surface area contributed by atoms with Crippen LogP contribution >= 0.6 is 11.3 Å². The first-order valence-corrected chi connectivity index (χ1v) is 12.5. The lowest BCUT2D eigenvalue weighted by Crippen LogP contribution is -2.36. The molecule has 1 heterocycles. The zero-order chi connectivity index (χ0) is 22.7. The molecule has 3 aromatic carbocycles. The first kappa shape index (κ1) is 22.3. The molecule has 0 aliphatic heterocycles. The summed E-state index contributed by atoms with van der Waals surface area (Å²) in [5, 5.41) is 0. The average molecular weight is 469 g/mol. The number of fused-ring (bicyclic) bond motifs is 1. The molecule has 0 fully saturated rings. The number of hydrogen-bond acceptors (Lipinski definition) is 5. The highest BCUT2D eigenvalue weighted by Gasteiger charge is 2.20. The second-order valence-corrected chi connectivity index (χ2v) is 10.4. The minimum absolute atomic E-state index is 0.119. The molecule has 0 amide bonds. The molecule has 1 atom stereocenters. The summed E-state index contributed by atoms with van der Waals surface area (Å²) in [5.74, 6) is 0.726. The van der Waals surface area contributed by atoms with E-state index in [1.54, 1.807) is 23.6 Å². The van der Waals surface area contributed by atoms with Crippen LogP contribution in [0.4, 0.5) is 0 Å². The van der Waals surface area contributed by atoms with Gasteiger partial charge >= 0.3 is 4.87 Å². The van der Waals surface area contributed by atoms with Gasteiger partial charge in [0, 0.05) is 0 Å². The summed E-state index contributed by atoms with van der Waals surface area (Å²) in [5.41, 5.74) is 2.72. The van der Waals surface area contributed by atoms with Crippen LogP contribution in [0, 0.1) is 6.92 Å². The molecule has 8 heteroatoms. The minimum Gasteiger partial charge on any atom is -0.492 e. The Bertz CT molecular complexity index is 1390. The molecule has 0 saturated carbocycles. The summed E-state index contributed by atoms with van der Waals surface area (Å²) >= 11 is 1.05. The third-order valence-electron chi connectivity index (χ3n) is 5.07. The molecule has 166 valence electrons. The smallest absolute Gasteiger partial charge is 0.308 e. The average Bonchev–Trinajstić information content (AvgIpc) is 3.08. The second-order valence-electron chi connectivity index (χ2n) is 7.67. The number of sulfonamides is 1. The van der Waals surface area contributed by atoms with Gasteiger partial charge in [0.2, 0.25) is 10.0 Å². The number of hydrogen-bond donors (Lipinski definition) is 1. The zero-order valence-electron chi connectivity index (χ0n) is 17.8. The van der Waals surface area contributed by atoms with Crippen molar-refractivity contribution in [1.29, 1.82) is 0 Å². The Labute approximate surface area is 191 Å². The van der Waals surface area contributed by atoms with Crippen LogP contribution in [0.3, 0.4) is 0 Å². The van der Waals surface area contributed by atoms with Crippen LogP contribution in [0.25, 0.3) is 10.2 Å². The standard InChI is InChI=1S/C24H24N2O4S2/c1-17-8-6-7-11-22(17)30-16-18(2)25-32(28,29)20-12-13-21-23(14-20)31-24(27)26(21)15-19-9-4-3-5-10-19/h3-14,18,25H,15-16H2,1-2H3/t18-/m0/s1. The maximum atomic E-state index is 12.9. The van der Waals surface area contributed by atoms with Crippen LogP contribution in [-0.2, 0) is 16.6 Å². The van der Waals surface area contributed by atoms with Gasteiger partial charge in [-0.3, -0.25) is 9.36 Å². The normalized spacial score (nSPS) is 12.7. The third-order valence-corrected chi connectivity index (χ3v) is 7.60. The molecule has 32 heavy (non-hydrogen) atoms. The molecule has 0 spiro atoms. The maximum absolute atomic E-state index is 12.9. The van der Waals surface area contributed by atoms with E-state index in [2.05, 4.69) is 4.72 Å². The number of para-hydroxylation sites is 1. The largest absolute Gasteiger partial charge is 0.492 e. The molecular formula is C24H24N2O4S2.